The number of amides is 2. The van der Waals surface area contributed by atoms with Crippen LogP contribution in [0.4, 0.5) is 4.79 Å². The SMILES string of the molecule is C#CCOCc1ccc(C(=O)NCCNC(=O)O)cn1. The van der Waals surface area contributed by atoms with E-state index >= 15 is 0 Å². The first kappa shape index (κ1) is 15.5. The molecule has 2 amide bonds. The highest BCUT2D eigenvalue weighted by molar-refractivity contribution is 5.93. The molecule has 106 valence electrons. The van der Waals surface area contributed by atoms with Crippen LogP contribution in [-0.4, -0.2) is 41.8 Å². The number of ether oxygens (including phenoxy) is 1. The molecule has 1 aromatic rings. The molecule has 0 fully saturated rings. The fourth-order valence-electron chi connectivity index (χ4n) is 1.31. The summed E-state index contributed by atoms with van der Waals surface area (Å²) in [4.78, 5) is 25.9. The Morgan fingerprint density at radius 1 is 1.35 bits per heavy atom. The molecule has 0 aromatic carbocycles. The fraction of sp³-hybridized carbons (Fsp3) is 0.308. The standard InChI is InChI=1S/C13H15N3O4/c1-2-7-20-9-11-4-3-10(8-16-11)12(17)14-5-6-15-13(18)19/h1,3-4,8,15H,5-7,9H2,(H,14,17)(H,18,19). The Balaban J connectivity index is 2.37. The molecule has 0 saturated carbocycles. The molecule has 0 aliphatic heterocycles. The molecule has 0 saturated heterocycles. The van der Waals surface area contributed by atoms with Gasteiger partial charge in [0, 0.05) is 19.3 Å². The number of carbonyl (C=O) groups excluding carboxylic acids is 1. The highest BCUT2D eigenvalue weighted by atomic mass is 16.5. The lowest BCUT2D eigenvalue weighted by Gasteiger charge is -2.06. The zero-order chi connectivity index (χ0) is 14.8. The van der Waals surface area contributed by atoms with Gasteiger partial charge in [0.25, 0.3) is 5.91 Å². The van der Waals surface area contributed by atoms with Crippen molar-refractivity contribution < 1.29 is 19.4 Å². The number of carboxylic acid groups (broad SMARTS) is 1. The topological polar surface area (TPSA) is 101 Å². The Morgan fingerprint density at radius 2 is 2.10 bits per heavy atom. The molecule has 7 nitrogen and oxygen atoms in total. The zero-order valence-corrected chi connectivity index (χ0v) is 10.8. The van der Waals surface area contributed by atoms with E-state index in [0.29, 0.717) is 11.3 Å². The van der Waals surface area contributed by atoms with Crippen LogP contribution in [0.1, 0.15) is 16.1 Å². The Morgan fingerprint density at radius 3 is 2.70 bits per heavy atom. The molecule has 7 heteroatoms. The van der Waals surface area contributed by atoms with Crippen molar-refractivity contribution in [2.45, 2.75) is 6.61 Å². The summed E-state index contributed by atoms with van der Waals surface area (Å²) in [6.45, 7) is 0.847. The largest absolute Gasteiger partial charge is 0.465 e. The molecule has 1 heterocycles. The van der Waals surface area contributed by atoms with Crippen molar-refractivity contribution in [3.8, 4) is 12.3 Å². The first-order valence-corrected chi connectivity index (χ1v) is 5.84. The van der Waals surface area contributed by atoms with E-state index in [0.717, 1.165) is 0 Å². The normalized spacial score (nSPS) is 9.55. The predicted molar refractivity (Wildman–Crippen MR) is 71.1 cm³/mol. The maximum Gasteiger partial charge on any atom is 0.404 e. The number of terminal acetylenes is 1. The summed E-state index contributed by atoms with van der Waals surface area (Å²) in [6.07, 6.45) is 5.34. The number of aromatic nitrogens is 1. The van der Waals surface area contributed by atoms with Crippen molar-refractivity contribution in [2.75, 3.05) is 19.7 Å². The van der Waals surface area contributed by atoms with Crippen LogP contribution in [0.5, 0.6) is 0 Å². The van der Waals surface area contributed by atoms with Crippen molar-refractivity contribution in [1.82, 2.24) is 15.6 Å². The molecule has 0 aliphatic carbocycles. The number of pyridine rings is 1. The summed E-state index contributed by atoms with van der Waals surface area (Å²) in [7, 11) is 0. The van der Waals surface area contributed by atoms with E-state index in [1.807, 2.05) is 0 Å². The molecular weight excluding hydrogens is 262 g/mol. The highest BCUT2D eigenvalue weighted by Crippen LogP contribution is 2.01. The minimum atomic E-state index is -1.13. The second-order valence-electron chi connectivity index (χ2n) is 3.72. The van der Waals surface area contributed by atoms with Gasteiger partial charge in [0.1, 0.15) is 6.61 Å². The van der Waals surface area contributed by atoms with Crippen molar-refractivity contribution in [2.24, 2.45) is 0 Å². The Bertz CT molecular complexity index is 493. The molecule has 0 spiro atoms. The summed E-state index contributed by atoms with van der Waals surface area (Å²) in [5, 5.41) is 13.1. The third kappa shape index (κ3) is 5.84. The molecule has 20 heavy (non-hydrogen) atoms. The smallest absolute Gasteiger partial charge is 0.404 e. The molecule has 0 aliphatic rings. The summed E-state index contributed by atoms with van der Waals surface area (Å²) < 4.78 is 5.11. The third-order valence-corrected chi connectivity index (χ3v) is 2.21. The van der Waals surface area contributed by atoms with E-state index in [1.54, 1.807) is 12.1 Å². The number of hydrogen-bond donors (Lipinski definition) is 3. The van der Waals surface area contributed by atoms with Crippen LogP contribution in [0.3, 0.4) is 0 Å². The van der Waals surface area contributed by atoms with E-state index < -0.39 is 6.09 Å². The summed E-state index contributed by atoms with van der Waals surface area (Å²) in [6, 6.07) is 3.28. The highest BCUT2D eigenvalue weighted by Gasteiger charge is 2.05. The van der Waals surface area contributed by atoms with E-state index in [1.165, 1.54) is 6.20 Å². The Labute approximate surface area is 116 Å². The number of nitrogens with one attached hydrogen (secondary N) is 2. The van der Waals surface area contributed by atoms with Crippen LogP contribution in [0, 0.1) is 12.3 Å². The average molecular weight is 277 g/mol. The second kappa shape index (κ2) is 8.50. The van der Waals surface area contributed by atoms with Crippen molar-refractivity contribution >= 4 is 12.0 Å². The molecule has 0 unspecified atom stereocenters. The van der Waals surface area contributed by atoms with Gasteiger partial charge in [-0.25, -0.2) is 4.79 Å². The van der Waals surface area contributed by atoms with E-state index in [2.05, 4.69) is 21.5 Å². The first-order valence-electron chi connectivity index (χ1n) is 5.84. The zero-order valence-electron chi connectivity index (χ0n) is 10.8. The lowest BCUT2D eigenvalue weighted by atomic mass is 10.2. The lowest BCUT2D eigenvalue weighted by molar-refractivity contribution is 0.0952. The first-order chi connectivity index (χ1) is 9.63. The van der Waals surface area contributed by atoms with Gasteiger partial charge in [-0.3, -0.25) is 9.78 Å². The quantitative estimate of drug-likeness (QED) is 0.489. The maximum atomic E-state index is 11.7. The molecule has 0 atom stereocenters. The molecule has 0 bridgehead atoms. The van der Waals surface area contributed by atoms with Crippen molar-refractivity contribution in [1.29, 1.82) is 0 Å². The van der Waals surface area contributed by atoms with Crippen molar-refractivity contribution in [3.63, 3.8) is 0 Å². The molecule has 3 N–H and O–H groups in total. The molecule has 0 radical (unpaired) electrons. The number of rotatable bonds is 7. The average Bonchev–Trinajstić information content (AvgIpc) is 2.44. The van der Waals surface area contributed by atoms with Crippen LogP contribution in [-0.2, 0) is 11.3 Å². The van der Waals surface area contributed by atoms with Crippen LogP contribution in [0.15, 0.2) is 18.3 Å². The van der Waals surface area contributed by atoms with Gasteiger partial charge in [0.05, 0.1) is 17.9 Å². The summed E-state index contributed by atoms with van der Waals surface area (Å²) in [5.74, 6) is 2.02. The number of hydrogen-bond acceptors (Lipinski definition) is 4. The lowest BCUT2D eigenvalue weighted by Crippen LogP contribution is -2.34. The van der Waals surface area contributed by atoms with Crippen molar-refractivity contribution in [3.05, 3.63) is 29.6 Å². The van der Waals surface area contributed by atoms with E-state index in [-0.39, 0.29) is 32.2 Å². The third-order valence-electron chi connectivity index (χ3n) is 2.21. The summed E-state index contributed by atoms with van der Waals surface area (Å²) >= 11 is 0. The van der Waals surface area contributed by atoms with Crippen LogP contribution >= 0.6 is 0 Å². The number of nitrogens with zero attached hydrogens (tertiary/aromatic N) is 1. The van der Waals surface area contributed by atoms with Crippen LogP contribution in [0.2, 0.25) is 0 Å². The monoisotopic (exact) mass is 277 g/mol. The second-order valence-corrected chi connectivity index (χ2v) is 3.72. The fourth-order valence-corrected chi connectivity index (χ4v) is 1.31. The summed E-state index contributed by atoms with van der Waals surface area (Å²) in [5.41, 5.74) is 1.06. The Hall–Kier alpha value is -2.59. The molecular formula is C13H15N3O4. The van der Waals surface area contributed by atoms with E-state index in [4.69, 9.17) is 16.3 Å². The van der Waals surface area contributed by atoms with Crippen LogP contribution < -0.4 is 10.6 Å². The Kier molecular flexibility index (Phi) is 6.57. The van der Waals surface area contributed by atoms with Gasteiger partial charge in [0.15, 0.2) is 0 Å². The predicted octanol–water partition coefficient (Wildman–Crippen LogP) is 0.229. The van der Waals surface area contributed by atoms with Gasteiger partial charge < -0.3 is 20.5 Å². The maximum absolute atomic E-state index is 11.7. The number of carbonyl (C=O) groups is 2. The van der Waals surface area contributed by atoms with Gasteiger partial charge in [-0.15, -0.1) is 6.42 Å². The van der Waals surface area contributed by atoms with Crippen LogP contribution in [0.25, 0.3) is 0 Å². The minimum absolute atomic E-state index is 0.145. The van der Waals surface area contributed by atoms with E-state index in [9.17, 15) is 9.59 Å². The van der Waals surface area contributed by atoms with Gasteiger partial charge >= 0.3 is 6.09 Å². The van der Waals surface area contributed by atoms with Gasteiger partial charge in [0.2, 0.25) is 0 Å². The minimum Gasteiger partial charge on any atom is -0.465 e. The van der Waals surface area contributed by atoms with Gasteiger partial charge in [-0.05, 0) is 12.1 Å². The van der Waals surface area contributed by atoms with Gasteiger partial charge in [-0.2, -0.15) is 0 Å². The molecule has 1 aromatic heterocycles. The molecule has 1 rings (SSSR count). The van der Waals surface area contributed by atoms with Gasteiger partial charge in [-0.1, -0.05) is 5.92 Å².